The molecule has 0 heterocycles. The molecular formula is C25H31NO2. The third-order valence-electron chi connectivity index (χ3n) is 5.81. The van der Waals surface area contributed by atoms with E-state index in [1.54, 1.807) is 0 Å². The fourth-order valence-electron chi connectivity index (χ4n) is 4.11. The van der Waals surface area contributed by atoms with Gasteiger partial charge in [-0.05, 0) is 48.2 Å². The van der Waals surface area contributed by atoms with E-state index in [-0.39, 0.29) is 11.7 Å². The van der Waals surface area contributed by atoms with Crippen molar-refractivity contribution in [1.82, 2.24) is 0 Å². The largest absolute Gasteiger partial charge is 0.322 e. The Morgan fingerprint density at radius 1 is 0.893 bits per heavy atom. The zero-order chi connectivity index (χ0) is 19.8. The van der Waals surface area contributed by atoms with E-state index < -0.39 is 0 Å². The fourth-order valence-corrected chi connectivity index (χ4v) is 4.11. The van der Waals surface area contributed by atoms with Crippen molar-refractivity contribution in [2.75, 3.05) is 5.32 Å². The van der Waals surface area contributed by atoms with Gasteiger partial charge in [-0.25, -0.2) is 0 Å². The Morgan fingerprint density at radius 2 is 1.54 bits per heavy atom. The van der Waals surface area contributed by atoms with Crippen molar-refractivity contribution in [1.29, 1.82) is 0 Å². The minimum Gasteiger partial charge on any atom is -0.322 e. The summed E-state index contributed by atoms with van der Waals surface area (Å²) >= 11 is 0. The number of hydrogen-bond acceptors (Lipinski definition) is 2. The molecule has 0 bridgehead atoms. The number of Topliss-reactive ketones (excluding diaryl/α,β-unsaturated/α-hetero) is 1. The van der Waals surface area contributed by atoms with E-state index in [1.807, 2.05) is 55.5 Å². The molecule has 3 rings (SSSR count). The van der Waals surface area contributed by atoms with Crippen LogP contribution in [-0.4, -0.2) is 11.7 Å². The van der Waals surface area contributed by atoms with Gasteiger partial charge in [0.05, 0.1) is 0 Å². The predicted octanol–water partition coefficient (Wildman–Crippen LogP) is 6.43. The van der Waals surface area contributed by atoms with Gasteiger partial charge in [0.2, 0.25) is 0 Å². The summed E-state index contributed by atoms with van der Waals surface area (Å²) in [6.45, 7) is 2.04. The molecule has 1 aliphatic carbocycles. The highest BCUT2D eigenvalue weighted by Gasteiger charge is 2.17. The fraction of sp³-hybridized carbons (Fsp3) is 0.440. The van der Waals surface area contributed by atoms with Gasteiger partial charge in [-0.2, -0.15) is 0 Å². The lowest BCUT2D eigenvalue weighted by Crippen LogP contribution is -2.14. The minimum atomic E-state index is -0.106. The molecule has 0 spiro atoms. The SMILES string of the molecule is CCc1ccccc1C(=O)Nc1ccc(C(=O)CC2CCCCCCC2)cc1. The van der Waals surface area contributed by atoms with Crippen LogP contribution in [0.5, 0.6) is 0 Å². The summed E-state index contributed by atoms with van der Waals surface area (Å²) in [5.41, 5.74) is 3.20. The highest BCUT2D eigenvalue weighted by Crippen LogP contribution is 2.26. The van der Waals surface area contributed by atoms with Crippen molar-refractivity contribution in [2.24, 2.45) is 5.92 Å². The van der Waals surface area contributed by atoms with E-state index in [2.05, 4.69) is 5.32 Å². The summed E-state index contributed by atoms with van der Waals surface area (Å²) in [7, 11) is 0. The van der Waals surface area contributed by atoms with Crippen LogP contribution in [0, 0.1) is 5.92 Å². The summed E-state index contributed by atoms with van der Waals surface area (Å²) in [4.78, 5) is 25.2. The van der Waals surface area contributed by atoms with Crippen molar-refractivity contribution in [3.63, 3.8) is 0 Å². The lowest BCUT2D eigenvalue weighted by molar-refractivity contribution is 0.0953. The van der Waals surface area contributed by atoms with Crippen molar-refractivity contribution in [3.05, 3.63) is 65.2 Å². The quantitative estimate of drug-likeness (QED) is 0.589. The molecule has 1 saturated carbocycles. The van der Waals surface area contributed by atoms with E-state index >= 15 is 0 Å². The molecule has 0 radical (unpaired) electrons. The van der Waals surface area contributed by atoms with Crippen molar-refractivity contribution in [2.45, 2.75) is 64.7 Å². The Hall–Kier alpha value is -2.42. The van der Waals surface area contributed by atoms with Gasteiger partial charge in [0, 0.05) is 23.2 Å². The van der Waals surface area contributed by atoms with Crippen LogP contribution in [0.4, 0.5) is 5.69 Å². The van der Waals surface area contributed by atoms with Gasteiger partial charge in [-0.1, -0.05) is 70.1 Å². The number of carbonyl (C=O) groups is 2. The topological polar surface area (TPSA) is 46.2 Å². The van der Waals surface area contributed by atoms with Gasteiger partial charge in [0.25, 0.3) is 5.91 Å². The Kier molecular flexibility index (Phi) is 7.41. The van der Waals surface area contributed by atoms with Gasteiger partial charge in [0.15, 0.2) is 5.78 Å². The van der Waals surface area contributed by atoms with E-state index in [0.717, 1.165) is 23.2 Å². The molecular weight excluding hydrogens is 346 g/mol. The summed E-state index contributed by atoms with van der Waals surface area (Å²) in [6, 6.07) is 15.0. The molecule has 0 atom stereocenters. The maximum Gasteiger partial charge on any atom is 0.255 e. The van der Waals surface area contributed by atoms with Gasteiger partial charge in [-0.15, -0.1) is 0 Å². The molecule has 0 aromatic heterocycles. The molecule has 2 aromatic carbocycles. The first-order chi connectivity index (χ1) is 13.7. The number of aryl methyl sites for hydroxylation is 1. The molecule has 3 nitrogen and oxygen atoms in total. The maximum absolute atomic E-state index is 12.7. The van der Waals surface area contributed by atoms with Crippen molar-refractivity contribution in [3.8, 4) is 0 Å². The Labute approximate surface area is 168 Å². The summed E-state index contributed by atoms with van der Waals surface area (Å²) in [5, 5.41) is 2.95. The highest BCUT2D eigenvalue weighted by atomic mass is 16.1. The highest BCUT2D eigenvalue weighted by molar-refractivity contribution is 6.05. The monoisotopic (exact) mass is 377 g/mol. The van der Waals surface area contributed by atoms with Crippen LogP contribution >= 0.6 is 0 Å². The smallest absolute Gasteiger partial charge is 0.255 e. The van der Waals surface area contributed by atoms with Crippen LogP contribution in [0.2, 0.25) is 0 Å². The van der Waals surface area contributed by atoms with Crippen LogP contribution in [0.15, 0.2) is 48.5 Å². The average molecular weight is 378 g/mol. The van der Waals surface area contributed by atoms with E-state index in [1.165, 1.54) is 44.9 Å². The molecule has 3 heteroatoms. The molecule has 1 N–H and O–H groups in total. The van der Waals surface area contributed by atoms with Crippen molar-refractivity contribution >= 4 is 17.4 Å². The maximum atomic E-state index is 12.7. The lowest BCUT2D eigenvalue weighted by Gasteiger charge is -2.19. The molecule has 0 saturated heterocycles. The number of carbonyl (C=O) groups excluding carboxylic acids is 2. The van der Waals surface area contributed by atoms with E-state index in [0.29, 0.717) is 17.9 Å². The van der Waals surface area contributed by atoms with Crippen LogP contribution in [0.25, 0.3) is 0 Å². The molecule has 1 fully saturated rings. The van der Waals surface area contributed by atoms with Crippen LogP contribution in [-0.2, 0) is 6.42 Å². The first-order valence-electron chi connectivity index (χ1n) is 10.7. The van der Waals surface area contributed by atoms with Crippen LogP contribution < -0.4 is 5.32 Å². The Balaban J connectivity index is 1.59. The molecule has 1 aliphatic rings. The van der Waals surface area contributed by atoms with Gasteiger partial charge in [0.1, 0.15) is 0 Å². The summed E-state index contributed by atoms with van der Waals surface area (Å²) in [6.07, 6.45) is 10.3. The van der Waals surface area contributed by atoms with Crippen LogP contribution in [0.1, 0.15) is 84.6 Å². The average Bonchev–Trinajstić information content (AvgIpc) is 2.70. The first kappa shape index (κ1) is 20.3. The minimum absolute atomic E-state index is 0.106. The lowest BCUT2D eigenvalue weighted by atomic mass is 9.86. The predicted molar refractivity (Wildman–Crippen MR) is 115 cm³/mol. The molecule has 0 unspecified atom stereocenters. The molecule has 2 aromatic rings. The molecule has 0 aliphatic heterocycles. The molecule has 148 valence electrons. The van der Waals surface area contributed by atoms with Crippen molar-refractivity contribution < 1.29 is 9.59 Å². The first-order valence-corrected chi connectivity index (χ1v) is 10.7. The number of ketones is 1. The Bertz CT molecular complexity index is 786. The number of anilines is 1. The van der Waals surface area contributed by atoms with E-state index in [4.69, 9.17) is 0 Å². The number of amides is 1. The summed E-state index contributed by atoms with van der Waals surface area (Å²) < 4.78 is 0. The zero-order valence-electron chi connectivity index (χ0n) is 16.9. The number of benzene rings is 2. The Morgan fingerprint density at radius 3 is 2.21 bits per heavy atom. The standard InChI is InChI=1S/C25H31NO2/c1-2-20-12-8-9-13-23(20)25(28)26-22-16-14-21(15-17-22)24(27)18-19-10-6-4-3-5-7-11-19/h8-9,12-17,19H,2-7,10-11,18H2,1H3,(H,26,28). The second-order valence-corrected chi connectivity index (χ2v) is 7.88. The summed E-state index contributed by atoms with van der Waals surface area (Å²) in [5.74, 6) is 0.642. The third-order valence-corrected chi connectivity index (χ3v) is 5.81. The number of rotatable bonds is 6. The second kappa shape index (κ2) is 10.2. The van der Waals surface area contributed by atoms with E-state index in [9.17, 15) is 9.59 Å². The number of hydrogen-bond donors (Lipinski definition) is 1. The van der Waals surface area contributed by atoms with Crippen LogP contribution in [0.3, 0.4) is 0 Å². The van der Waals surface area contributed by atoms with Gasteiger partial charge >= 0.3 is 0 Å². The van der Waals surface area contributed by atoms with Gasteiger partial charge in [-0.3, -0.25) is 9.59 Å². The van der Waals surface area contributed by atoms with Gasteiger partial charge < -0.3 is 5.32 Å². The zero-order valence-corrected chi connectivity index (χ0v) is 16.9. The second-order valence-electron chi connectivity index (χ2n) is 7.88. The third kappa shape index (κ3) is 5.54. The number of nitrogens with one attached hydrogen (secondary N) is 1. The normalized spacial score (nSPS) is 15.5. The molecule has 1 amide bonds. The molecule has 28 heavy (non-hydrogen) atoms.